The van der Waals surface area contributed by atoms with Crippen molar-refractivity contribution in [2.45, 2.75) is 50.9 Å². The Hall–Kier alpha value is -4.48. The molecule has 3 aromatic rings. The molecule has 234 valence electrons. The Balaban J connectivity index is 0.00000123. The van der Waals surface area contributed by atoms with Crippen molar-refractivity contribution in [3.8, 4) is 5.75 Å². The molecule has 2 aromatic heterocycles. The molecule has 0 radical (unpaired) electrons. The van der Waals surface area contributed by atoms with E-state index in [2.05, 4.69) is 15.5 Å². The average molecular weight is 605 g/mol. The van der Waals surface area contributed by atoms with Crippen LogP contribution >= 0.6 is 0 Å². The summed E-state index contributed by atoms with van der Waals surface area (Å²) in [5.74, 6) is 0.898. The van der Waals surface area contributed by atoms with E-state index in [1.165, 1.54) is 25.7 Å². The number of ether oxygens (including phenoxy) is 1. The van der Waals surface area contributed by atoms with Gasteiger partial charge in [-0.25, -0.2) is 0 Å². The maximum absolute atomic E-state index is 13.5. The zero-order valence-corrected chi connectivity index (χ0v) is 24.8. The zero-order chi connectivity index (χ0) is 30.9. The summed E-state index contributed by atoms with van der Waals surface area (Å²) in [4.78, 5) is 52.2. The van der Waals surface area contributed by atoms with Crippen LogP contribution in [0.2, 0.25) is 0 Å². The number of hydrogen-bond donors (Lipinski definition) is 2. The molecule has 12 nitrogen and oxygen atoms in total. The molecule has 4 heterocycles. The van der Waals surface area contributed by atoms with Crippen molar-refractivity contribution in [2.75, 3.05) is 39.3 Å². The minimum atomic E-state index is -0.327. The van der Waals surface area contributed by atoms with Crippen LogP contribution in [0.5, 0.6) is 5.75 Å². The van der Waals surface area contributed by atoms with Crippen LogP contribution in [0.25, 0.3) is 5.65 Å². The Morgan fingerprint density at radius 1 is 1.05 bits per heavy atom. The first-order valence-corrected chi connectivity index (χ1v) is 15.4. The minimum absolute atomic E-state index is 0.0458. The van der Waals surface area contributed by atoms with Crippen molar-refractivity contribution in [1.29, 1.82) is 0 Å². The molecule has 2 bridgehead atoms. The van der Waals surface area contributed by atoms with E-state index in [-0.39, 0.29) is 36.0 Å². The van der Waals surface area contributed by atoms with Crippen molar-refractivity contribution >= 4 is 29.8 Å². The summed E-state index contributed by atoms with van der Waals surface area (Å²) in [6.07, 6.45) is 10.5. The fourth-order valence-electron chi connectivity index (χ4n) is 6.62. The van der Waals surface area contributed by atoms with Crippen molar-refractivity contribution in [2.24, 2.45) is 11.8 Å². The Morgan fingerprint density at radius 2 is 1.84 bits per heavy atom. The predicted octanol–water partition coefficient (Wildman–Crippen LogP) is 2.98. The number of rotatable bonds is 4. The first-order valence-electron chi connectivity index (χ1n) is 15.4. The normalized spacial score (nSPS) is 21.0. The molecule has 2 fully saturated rings. The highest BCUT2D eigenvalue weighted by atomic mass is 16.5. The lowest BCUT2D eigenvalue weighted by Crippen LogP contribution is -2.39. The number of carbonyl (C=O) groups is 4. The molecule has 2 N–H and O–H groups in total. The Labute approximate surface area is 256 Å². The molecular weight excluding hydrogens is 564 g/mol. The number of aromatic nitrogens is 3. The minimum Gasteiger partial charge on any atom is -0.492 e. The maximum Gasteiger partial charge on any atom is 0.290 e. The SMILES string of the molecule is O=C1NCCCN(C(=O)c2cccn3cnnc23)CCOc2cccc(c2)[C@H]2CN(C(=O)CCC3CCCC3)C[C@H]12.O=CO. The van der Waals surface area contributed by atoms with Gasteiger partial charge < -0.3 is 25.0 Å². The van der Waals surface area contributed by atoms with Crippen LogP contribution in [0.15, 0.2) is 48.9 Å². The zero-order valence-electron chi connectivity index (χ0n) is 24.8. The van der Waals surface area contributed by atoms with E-state index in [9.17, 15) is 14.4 Å². The van der Waals surface area contributed by atoms with Crippen LogP contribution in [-0.2, 0) is 14.4 Å². The standard InChI is InChI=1S/C31H38N6O4.CH2O2/c38-28(12-11-22-6-1-2-7-22)37-19-26-23-8-3-9-24(18-23)41-17-16-35(15-5-13-32-30(39)27(26)20-37)31(40)25-10-4-14-36-21-33-34-29(25)36;2-1-3/h3-4,8-10,14,18,21-22,26-27H,1-2,5-7,11-13,15-17,19-20H2,(H,32,39);1H,(H,2,3)/t26-,27+;/m1./s1. The molecule has 6 rings (SSSR count). The quantitative estimate of drug-likeness (QED) is 0.432. The third kappa shape index (κ3) is 7.35. The van der Waals surface area contributed by atoms with Gasteiger partial charge in [-0.3, -0.25) is 23.6 Å². The molecule has 1 saturated carbocycles. The van der Waals surface area contributed by atoms with Crippen molar-refractivity contribution < 1.29 is 29.0 Å². The molecule has 12 heteroatoms. The van der Waals surface area contributed by atoms with Crippen LogP contribution in [0.4, 0.5) is 0 Å². The highest BCUT2D eigenvalue weighted by Crippen LogP contribution is 2.36. The van der Waals surface area contributed by atoms with Crippen molar-refractivity contribution in [1.82, 2.24) is 29.7 Å². The van der Waals surface area contributed by atoms with E-state index in [1.807, 2.05) is 29.2 Å². The fourth-order valence-corrected chi connectivity index (χ4v) is 6.62. The summed E-state index contributed by atoms with van der Waals surface area (Å²) in [5, 5.41) is 18.0. The fraction of sp³-hybridized carbons (Fsp3) is 0.500. The first-order chi connectivity index (χ1) is 21.5. The number of likely N-dealkylation sites (tertiary alicyclic amines) is 1. The lowest BCUT2D eigenvalue weighted by molar-refractivity contribution is -0.131. The number of nitrogens with one attached hydrogen (secondary N) is 1. The molecule has 1 aliphatic carbocycles. The van der Waals surface area contributed by atoms with Gasteiger partial charge in [-0.05, 0) is 48.6 Å². The molecular formula is C32H40N6O6. The number of carbonyl (C=O) groups excluding carboxylic acids is 3. The van der Waals surface area contributed by atoms with Crippen LogP contribution in [0.3, 0.4) is 0 Å². The second-order valence-corrected chi connectivity index (χ2v) is 11.6. The monoisotopic (exact) mass is 604 g/mol. The molecule has 3 amide bonds. The summed E-state index contributed by atoms with van der Waals surface area (Å²) >= 11 is 0. The van der Waals surface area contributed by atoms with E-state index in [4.69, 9.17) is 14.6 Å². The summed E-state index contributed by atoms with van der Waals surface area (Å²) in [6, 6.07) is 11.4. The smallest absolute Gasteiger partial charge is 0.290 e. The highest BCUT2D eigenvalue weighted by molar-refractivity contribution is 5.99. The molecule has 0 unspecified atom stereocenters. The third-order valence-corrected chi connectivity index (χ3v) is 8.91. The van der Waals surface area contributed by atoms with E-state index in [0.717, 1.165) is 12.0 Å². The summed E-state index contributed by atoms with van der Waals surface area (Å²) in [6.45, 7) is 2.34. The second-order valence-electron chi connectivity index (χ2n) is 11.6. The van der Waals surface area contributed by atoms with Gasteiger partial charge in [0, 0.05) is 44.7 Å². The number of fused-ring (bicyclic) bond motifs is 5. The number of pyridine rings is 1. The largest absolute Gasteiger partial charge is 0.492 e. The average Bonchev–Trinajstić information content (AvgIpc) is 3.82. The molecule has 2 atom stereocenters. The molecule has 3 aliphatic rings. The van der Waals surface area contributed by atoms with Gasteiger partial charge in [0.15, 0.2) is 5.65 Å². The van der Waals surface area contributed by atoms with Crippen LogP contribution in [0.1, 0.15) is 66.8 Å². The topological polar surface area (TPSA) is 146 Å². The summed E-state index contributed by atoms with van der Waals surface area (Å²) in [5.41, 5.74) is 1.98. The van der Waals surface area contributed by atoms with Gasteiger partial charge in [0.05, 0.1) is 18.0 Å². The van der Waals surface area contributed by atoms with Crippen molar-refractivity contribution in [3.63, 3.8) is 0 Å². The van der Waals surface area contributed by atoms with Crippen LogP contribution in [0, 0.1) is 11.8 Å². The van der Waals surface area contributed by atoms with Gasteiger partial charge >= 0.3 is 0 Å². The molecule has 44 heavy (non-hydrogen) atoms. The van der Waals surface area contributed by atoms with Gasteiger partial charge in [-0.2, -0.15) is 0 Å². The number of benzene rings is 1. The second kappa shape index (κ2) is 14.8. The van der Waals surface area contributed by atoms with E-state index in [0.29, 0.717) is 75.1 Å². The van der Waals surface area contributed by atoms with Crippen LogP contribution < -0.4 is 10.1 Å². The van der Waals surface area contributed by atoms with Gasteiger partial charge in [-0.15, -0.1) is 10.2 Å². The lowest BCUT2D eigenvalue weighted by Gasteiger charge is -2.24. The van der Waals surface area contributed by atoms with E-state index in [1.54, 1.807) is 34.0 Å². The van der Waals surface area contributed by atoms with Gasteiger partial charge in [0.2, 0.25) is 11.8 Å². The van der Waals surface area contributed by atoms with Gasteiger partial charge in [0.25, 0.3) is 12.4 Å². The van der Waals surface area contributed by atoms with Gasteiger partial charge in [0.1, 0.15) is 18.7 Å². The number of amides is 3. The van der Waals surface area contributed by atoms with E-state index < -0.39 is 0 Å². The maximum atomic E-state index is 13.5. The Bertz CT molecular complexity index is 1450. The van der Waals surface area contributed by atoms with Crippen LogP contribution in [-0.4, -0.2) is 93.0 Å². The summed E-state index contributed by atoms with van der Waals surface area (Å²) < 4.78 is 7.84. The number of carboxylic acid groups (broad SMARTS) is 1. The number of nitrogens with zero attached hydrogens (tertiary/aromatic N) is 5. The molecule has 1 aromatic carbocycles. The Morgan fingerprint density at radius 3 is 2.66 bits per heavy atom. The van der Waals surface area contributed by atoms with Crippen molar-refractivity contribution in [3.05, 3.63) is 60.0 Å². The molecule has 1 saturated heterocycles. The first kappa shape index (κ1) is 31.0. The third-order valence-electron chi connectivity index (χ3n) is 8.91. The molecule has 0 spiro atoms. The highest BCUT2D eigenvalue weighted by Gasteiger charge is 2.40. The molecule has 2 aliphatic heterocycles. The Kier molecular flexibility index (Phi) is 10.4. The number of hydrogen-bond acceptors (Lipinski definition) is 7. The predicted molar refractivity (Wildman–Crippen MR) is 161 cm³/mol. The lowest BCUT2D eigenvalue weighted by atomic mass is 9.88. The van der Waals surface area contributed by atoms with Gasteiger partial charge in [-0.1, -0.05) is 37.8 Å². The van der Waals surface area contributed by atoms with E-state index >= 15 is 0 Å². The summed E-state index contributed by atoms with van der Waals surface area (Å²) in [7, 11) is 0.